The lowest BCUT2D eigenvalue weighted by Crippen LogP contribution is -1.96. The van der Waals surface area contributed by atoms with Gasteiger partial charge in [-0.1, -0.05) is 6.07 Å². The van der Waals surface area contributed by atoms with E-state index in [0.29, 0.717) is 0 Å². The Morgan fingerprint density at radius 2 is 1.94 bits per heavy atom. The first-order valence-electron chi connectivity index (χ1n) is 5.83. The van der Waals surface area contributed by atoms with Crippen LogP contribution in [0.2, 0.25) is 0 Å². The lowest BCUT2D eigenvalue weighted by molar-refractivity contribution is 1.46. The van der Waals surface area contributed by atoms with Crippen molar-refractivity contribution in [3.05, 3.63) is 53.4 Å². The van der Waals surface area contributed by atoms with E-state index in [-0.39, 0.29) is 0 Å². The third-order valence-electron chi connectivity index (χ3n) is 2.94. The lowest BCUT2D eigenvalue weighted by atomic mass is 10.2. The molecular weight excluding hydrogens is 240 g/mol. The molecule has 0 saturated heterocycles. The fourth-order valence-electron chi connectivity index (χ4n) is 2.00. The summed E-state index contributed by atoms with van der Waals surface area (Å²) in [6, 6.07) is 14.5. The molecule has 90 valence electrons. The van der Waals surface area contributed by atoms with E-state index in [2.05, 4.69) is 41.0 Å². The normalized spacial score (nSPS) is 10.7. The van der Waals surface area contributed by atoms with E-state index in [4.69, 9.17) is 5.73 Å². The Hall–Kier alpha value is -2.00. The minimum Gasteiger partial charge on any atom is -0.397 e. The summed E-state index contributed by atoms with van der Waals surface area (Å²) in [7, 11) is 0. The van der Waals surface area contributed by atoms with Crippen molar-refractivity contribution in [2.75, 3.05) is 11.1 Å². The molecule has 18 heavy (non-hydrogen) atoms. The van der Waals surface area contributed by atoms with Gasteiger partial charge in [0, 0.05) is 10.4 Å². The van der Waals surface area contributed by atoms with Crippen molar-refractivity contribution in [2.24, 2.45) is 0 Å². The fourth-order valence-corrected chi connectivity index (χ4v) is 2.77. The number of aryl methyl sites for hydroxylation is 1. The molecule has 0 aliphatic heterocycles. The van der Waals surface area contributed by atoms with Crippen LogP contribution in [0.1, 0.15) is 5.56 Å². The number of thiophene rings is 1. The molecule has 0 saturated carbocycles. The maximum Gasteiger partial charge on any atom is 0.0618 e. The standard InChI is InChI=1S/C15H14N2S/c1-10-2-4-14(13(16)8-10)17-12-3-5-15-11(9-12)6-7-18-15/h2-9,17H,16H2,1H3. The highest BCUT2D eigenvalue weighted by molar-refractivity contribution is 7.17. The molecule has 0 bridgehead atoms. The molecule has 0 atom stereocenters. The Morgan fingerprint density at radius 3 is 2.78 bits per heavy atom. The Kier molecular flexibility index (Phi) is 2.68. The molecule has 3 N–H and O–H groups in total. The van der Waals surface area contributed by atoms with Crippen LogP contribution in [0, 0.1) is 6.92 Å². The van der Waals surface area contributed by atoms with E-state index >= 15 is 0 Å². The maximum atomic E-state index is 6.00. The molecule has 0 fully saturated rings. The number of nitrogens with one attached hydrogen (secondary N) is 1. The minimum absolute atomic E-state index is 0.778. The van der Waals surface area contributed by atoms with Gasteiger partial charge in [-0.2, -0.15) is 0 Å². The van der Waals surface area contributed by atoms with Gasteiger partial charge in [0.15, 0.2) is 0 Å². The van der Waals surface area contributed by atoms with Gasteiger partial charge in [0.25, 0.3) is 0 Å². The Balaban J connectivity index is 1.95. The SMILES string of the molecule is Cc1ccc(Nc2ccc3sccc3c2)c(N)c1. The maximum absolute atomic E-state index is 6.00. The van der Waals surface area contributed by atoms with Crippen LogP contribution in [0.5, 0.6) is 0 Å². The molecule has 3 aromatic rings. The summed E-state index contributed by atoms with van der Waals surface area (Å²) >= 11 is 1.75. The third kappa shape index (κ3) is 2.05. The lowest BCUT2D eigenvalue weighted by Gasteiger charge is -2.10. The van der Waals surface area contributed by atoms with Gasteiger partial charge < -0.3 is 11.1 Å². The van der Waals surface area contributed by atoms with Gasteiger partial charge in [-0.05, 0) is 59.7 Å². The summed E-state index contributed by atoms with van der Waals surface area (Å²) in [5.41, 5.74) is 9.97. The van der Waals surface area contributed by atoms with Gasteiger partial charge in [0.1, 0.15) is 0 Å². The monoisotopic (exact) mass is 254 g/mol. The average molecular weight is 254 g/mol. The highest BCUT2D eigenvalue weighted by Crippen LogP contribution is 2.28. The minimum atomic E-state index is 0.778. The summed E-state index contributed by atoms with van der Waals surface area (Å²) in [6.45, 7) is 2.04. The first-order chi connectivity index (χ1) is 8.72. The van der Waals surface area contributed by atoms with Crippen molar-refractivity contribution >= 4 is 38.5 Å². The van der Waals surface area contributed by atoms with Crippen molar-refractivity contribution in [2.45, 2.75) is 6.92 Å². The summed E-state index contributed by atoms with van der Waals surface area (Å²) in [4.78, 5) is 0. The molecule has 0 amide bonds. The van der Waals surface area contributed by atoms with E-state index in [1.807, 2.05) is 19.1 Å². The molecule has 0 aliphatic rings. The third-order valence-corrected chi connectivity index (χ3v) is 3.84. The molecule has 3 rings (SSSR count). The van der Waals surface area contributed by atoms with E-state index in [0.717, 1.165) is 17.1 Å². The zero-order valence-corrected chi connectivity index (χ0v) is 10.9. The van der Waals surface area contributed by atoms with E-state index in [1.54, 1.807) is 11.3 Å². The number of hydrogen-bond acceptors (Lipinski definition) is 3. The van der Waals surface area contributed by atoms with Gasteiger partial charge in [-0.25, -0.2) is 0 Å². The average Bonchev–Trinajstić information content (AvgIpc) is 2.80. The second kappa shape index (κ2) is 4.35. The van der Waals surface area contributed by atoms with Crippen LogP contribution in [0.25, 0.3) is 10.1 Å². The second-order valence-corrected chi connectivity index (χ2v) is 5.34. The molecule has 3 heteroatoms. The van der Waals surface area contributed by atoms with Crippen molar-refractivity contribution in [3.63, 3.8) is 0 Å². The van der Waals surface area contributed by atoms with Crippen LogP contribution < -0.4 is 11.1 Å². The number of hydrogen-bond donors (Lipinski definition) is 2. The second-order valence-electron chi connectivity index (χ2n) is 4.39. The molecule has 2 aromatic carbocycles. The molecule has 0 unspecified atom stereocenters. The quantitative estimate of drug-likeness (QED) is 0.659. The van der Waals surface area contributed by atoms with Crippen LogP contribution >= 0.6 is 11.3 Å². The number of fused-ring (bicyclic) bond motifs is 1. The van der Waals surface area contributed by atoms with Crippen LogP contribution in [0.3, 0.4) is 0 Å². The zero-order chi connectivity index (χ0) is 12.5. The Morgan fingerprint density at radius 1 is 1.06 bits per heavy atom. The molecule has 0 spiro atoms. The molecular formula is C15H14N2S. The van der Waals surface area contributed by atoms with Gasteiger partial charge in [-0.3, -0.25) is 0 Å². The van der Waals surface area contributed by atoms with Crippen molar-refractivity contribution in [1.29, 1.82) is 0 Å². The summed E-state index contributed by atoms with van der Waals surface area (Å²) in [6.07, 6.45) is 0. The van der Waals surface area contributed by atoms with E-state index in [1.165, 1.54) is 15.6 Å². The predicted molar refractivity (Wildman–Crippen MR) is 80.7 cm³/mol. The molecule has 0 aliphatic carbocycles. The van der Waals surface area contributed by atoms with Crippen LogP contribution in [-0.2, 0) is 0 Å². The first kappa shape index (κ1) is 11.1. The summed E-state index contributed by atoms with van der Waals surface area (Å²) in [5.74, 6) is 0. The number of rotatable bonds is 2. The topological polar surface area (TPSA) is 38.0 Å². The Bertz CT molecular complexity index is 701. The van der Waals surface area contributed by atoms with Gasteiger partial charge in [0.2, 0.25) is 0 Å². The first-order valence-corrected chi connectivity index (χ1v) is 6.71. The number of anilines is 3. The number of benzene rings is 2. The Labute approximate surface area is 110 Å². The number of nitrogen functional groups attached to an aromatic ring is 1. The van der Waals surface area contributed by atoms with Gasteiger partial charge >= 0.3 is 0 Å². The molecule has 2 nitrogen and oxygen atoms in total. The fraction of sp³-hybridized carbons (Fsp3) is 0.0667. The molecule has 1 aromatic heterocycles. The smallest absolute Gasteiger partial charge is 0.0618 e. The van der Waals surface area contributed by atoms with Gasteiger partial charge in [0.05, 0.1) is 11.4 Å². The van der Waals surface area contributed by atoms with Crippen molar-refractivity contribution in [1.82, 2.24) is 0 Å². The largest absolute Gasteiger partial charge is 0.397 e. The van der Waals surface area contributed by atoms with Crippen LogP contribution in [0.4, 0.5) is 17.1 Å². The van der Waals surface area contributed by atoms with Crippen molar-refractivity contribution in [3.8, 4) is 0 Å². The van der Waals surface area contributed by atoms with Gasteiger partial charge in [-0.15, -0.1) is 11.3 Å². The highest BCUT2D eigenvalue weighted by Gasteiger charge is 2.01. The van der Waals surface area contributed by atoms with E-state index < -0.39 is 0 Å². The van der Waals surface area contributed by atoms with Crippen LogP contribution in [0.15, 0.2) is 47.8 Å². The van der Waals surface area contributed by atoms with Crippen LogP contribution in [-0.4, -0.2) is 0 Å². The summed E-state index contributed by atoms with van der Waals surface area (Å²) in [5, 5.41) is 6.73. The van der Waals surface area contributed by atoms with E-state index in [9.17, 15) is 0 Å². The predicted octanol–water partition coefficient (Wildman–Crippen LogP) is 4.54. The summed E-state index contributed by atoms with van der Waals surface area (Å²) < 4.78 is 1.30. The molecule has 1 heterocycles. The zero-order valence-electron chi connectivity index (χ0n) is 10.1. The van der Waals surface area contributed by atoms with Crippen molar-refractivity contribution < 1.29 is 0 Å². The highest BCUT2D eigenvalue weighted by atomic mass is 32.1. The number of nitrogens with two attached hydrogens (primary N) is 1. The molecule has 0 radical (unpaired) electrons.